The van der Waals surface area contributed by atoms with E-state index in [9.17, 15) is 22.8 Å². The van der Waals surface area contributed by atoms with Crippen molar-refractivity contribution in [1.29, 1.82) is 0 Å². The lowest BCUT2D eigenvalue weighted by Crippen LogP contribution is -2.34. The Hall–Kier alpha value is -1.58. The van der Waals surface area contributed by atoms with Crippen LogP contribution in [0.4, 0.5) is 23.7 Å². The first-order valence-electron chi connectivity index (χ1n) is 6.52. The molecule has 0 aliphatic carbocycles. The molecule has 132 valence electrons. The number of alkyl halides is 3. The summed E-state index contributed by atoms with van der Waals surface area (Å²) in [6, 6.07) is 7.07. The molecule has 0 spiro atoms. The van der Waals surface area contributed by atoms with Gasteiger partial charge >= 0.3 is 12.2 Å². The molecule has 4 nitrogen and oxygen atoms in total. The van der Waals surface area contributed by atoms with Crippen molar-refractivity contribution >= 4 is 61.1 Å². The van der Waals surface area contributed by atoms with Gasteiger partial charge in [-0.3, -0.25) is 10.1 Å². The molecule has 2 aromatic carbocycles. The largest absolute Gasteiger partial charge is 0.417 e. The first-order valence-corrected chi connectivity index (χ1v) is 8.49. The summed E-state index contributed by atoms with van der Waals surface area (Å²) in [6.45, 7) is 0. The molecule has 10 heteroatoms. The predicted octanol–water partition coefficient (Wildman–Crippen LogP) is 5.85. The number of imide groups is 1. The molecule has 0 radical (unpaired) electrons. The lowest BCUT2D eigenvalue weighted by Gasteiger charge is -2.14. The molecule has 0 saturated heterocycles. The first kappa shape index (κ1) is 19.7. The summed E-state index contributed by atoms with van der Waals surface area (Å²) in [7, 11) is 0. The van der Waals surface area contributed by atoms with E-state index in [1.54, 1.807) is 18.2 Å². The first-order chi connectivity index (χ1) is 11.6. The zero-order valence-corrected chi connectivity index (χ0v) is 16.0. The van der Waals surface area contributed by atoms with Gasteiger partial charge in [-0.05, 0) is 56.1 Å². The van der Waals surface area contributed by atoms with E-state index < -0.39 is 28.7 Å². The average Bonchev–Trinajstić information content (AvgIpc) is 2.49. The SMILES string of the molecule is O=C(NC(=O)c1ccccc1Br)Nc1cc(C(F)(F)F)c(Cl)cc1Br. The summed E-state index contributed by atoms with van der Waals surface area (Å²) in [5, 5.41) is 3.69. The van der Waals surface area contributed by atoms with Crippen LogP contribution in [0.25, 0.3) is 0 Å². The quantitative estimate of drug-likeness (QED) is 0.544. The molecule has 0 aliphatic rings. The second-order valence-electron chi connectivity index (χ2n) is 4.70. The number of carbonyl (C=O) groups is 2. The van der Waals surface area contributed by atoms with Crippen LogP contribution in [0.3, 0.4) is 0 Å². The van der Waals surface area contributed by atoms with Gasteiger partial charge in [0.2, 0.25) is 0 Å². The Labute approximate surface area is 162 Å². The Morgan fingerprint density at radius 1 is 1.04 bits per heavy atom. The van der Waals surface area contributed by atoms with Crippen molar-refractivity contribution in [2.75, 3.05) is 5.32 Å². The third-order valence-electron chi connectivity index (χ3n) is 2.96. The van der Waals surface area contributed by atoms with Crippen molar-refractivity contribution in [3.05, 3.63) is 61.5 Å². The lowest BCUT2D eigenvalue weighted by molar-refractivity contribution is -0.137. The van der Waals surface area contributed by atoms with Crippen molar-refractivity contribution in [3.8, 4) is 0 Å². The topological polar surface area (TPSA) is 58.2 Å². The van der Waals surface area contributed by atoms with Crippen LogP contribution >= 0.6 is 43.5 Å². The monoisotopic (exact) mass is 498 g/mol. The molecule has 0 fully saturated rings. The number of amides is 3. The average molecular weight is 500 g/mol. The molecular weight excluding hydrogens is 492 g/mol. The number of carbonyl (C=O) groups excluding carboxylic acids is 2. The van der Waals surface area contributed by atoms with Crippen LogP contribution in [0.1, 0.15) is 15.9 Å². The van der Waals surface area contributed by atoms with E-state index in [2.05, 4.69) is 37.2 Å². The number of halogens is 6. The van der Waals surface area contributed by atoms with Gasteiger partial charge in [0.25, 0.3) is 5.91 Å². The maximum absolute atomic E-state index is 12.9. The third kappa shape index (κ3) is 4.96. The van der Waals surface area contributed by atoms with Crippen LogP contribution in [0.15, 0.2) is 45.3 Å². The summed E-state index contributed by atoms with van der Waals surface area (Å²) in [5.74, 6) is -0.717. The normalized spacial score (nSPS) is 11.1. The number of urea groups is 1. The predicted molar refractivity (Wildman–Crippen MR) is 94.8 cm³/mol. The van der Waals surface area contributed by atoms with Gasteiger partial charge in [0, 0.05) is 8.95 Å². The molecule has 2 aromatic rings. The Bertz CT molecular complexity index is 844. The van der Waals surface area contributed by atoms with Crippen LogP contribution in [-0.4, -0.2) is 11.9 Å². The van der Waals surface area contributed by atoms with Crippen molar-refractivity contribution in [1.82, 2.24) is 5.32 Å². The number of hydrogen-bond donors (Lipinski definition) is 2. The van der Waals surface area contributed by atoms with Crippen LogP contribution in [0.2, 0.25) is 5.02 Å². The maximum Gasteiger partial charge on any atom is 0.417 e. The minimum absolute atomic E-state index is 0.133. The van der Waals surface area contributed by atoms with Crippen molar-refractivity contribution < 1.29 is 22.8 Å². The minimum Gasteiger partial charge on any atom is -0.307 e. The smallest absolute Gasteiger partial charge is 0.307 e. The molecule has 3 amide bonds. The molecule has 0 heterocycles. The van der Waals surface area contributed by atoms with Gasteiger partial charge in [-0.25, -0.2) is 4.79 Å². The van der Waals surface area contributed by atoms with E-state index >= 15 is 0 Å². The number of benzene rings is 2. The Balaban J connectivity index is 2.18. The van der Waals surface area contributed by atoms with Gasteiger partial charge in [0.15, 0.2) is 0 Å². The molecule has 25 heavy (non-hydrogen) atoms. The van der Waals surface area contributed by atoms with E-state index in [-0.39, 0.29) is 15.7 Å². The zero-order valence-electron chi connectivity index (χ0n) is 12.0. The summed E-state index contributed by atoms with van der Waals surface area (Å²) < 4.78 is 39.3. The lowest BCUT2D eigenvalue weighted by atomic mass is 10.2. The molecule has 0 unspecified atom stereocenters. The number of rotatable bonds is 2. The number of hydrogen-bond acceptors (Lipinski definition) is 2. The van der Waals surface area contributed by atoms with Gasteiger partial charge in [0.05, 0.1) is 21.8 Å². The summed E-state index contributed by atoms with van der Waals surface area (Å²) in [4.78, 5) is 23.9. The second kappa shape index (κ2) is 7.76. The fourth-order valence-electron chi connectivity index (χ4n) is 1.83. The van der Waals surface area contributed by atoms with Crippen molar-refractivity contribution in [2.24, 2.45) is 0 Å². The zero-order chi connectivity index (χ0) is 18.8. The fourth-order valence-corrected chi connectivity index (χ4v) is 3.14. The molecule has 2 rings (SSSR count). The molecule has 0 aromatic heterocycles. The summed E-state index contributed by atoms with van der Waals surface area (Å²) in [6.07, 6.45) is -4.69. The molecule has 0 saturated carbocycles. The Morgan fingerprint density at radius 2 is 1.68 bits per heavy atom. The number of anilines is 1. The molecule has 2 N–H and O–H groups in total. The van der Waals surface area contributed by atoms with E-state index in [0.29, 0.717) is 10.5 Å². The highest BCUT2D eigenvalue weighted by atomic mass is 79.9. The van der Waals surface area contributed by atoms with Gasteiger partial charge < -0.3 is 5.32 Å². The number of nitrogens with one attached hydrogen (secondary N) is 2. The highest BCUT2D eigenvalue weighted by molar-refractivity contribution is 9.11. The standard InChI is InChI=1S/C15H8Br2ClF3N2O2/c16-9-4-2-1-3-7(9)13(24)23-14(25)22-12-5-8(15(19,20)21)11(18)6-10(12)17/h1-6H,(H2,22,23,24,25). The molecule has 0 bridgehead atoms. The maximum atomic E-state index is 12.9. The molecule has 0 atom stereocenters. The minimum atomic E-state index is -4.69. The molecular formula is C15H8Br2ClF3N2O2. The summed E-state index contributed by atoms with van der Waals surface area (Å²) in [5.41, 5.74) is -1.09. The van der Waals surface area contributed by atoms with E-state index in [0.717, 1.165) is 6.07 Å². The van der Waals surface area contributed by atoms with Crippen LogP contribution < -0.4 is 10.6 Å². The highest BCUT2D eigenvalue weighted by Crippen LogP contribution is 2.39. The second-order valence-corrected chi connectivity index (χ2v) is 6.81. The summed E-state index contributed by atoms with van der Waals surface area (Å²) >= 11 is 11.7. The fraction of sp³-hybridized carbons (Fsp3) is 0.0667. The van der Waals surface area contributed by atoms with Crippen molar-refractivity contribution in [3.63, 3.8) is 0 Å². The highest BCUT2D eigenvalue weighted by Gasteiger charge is 2.34. The third-order valence-corrected chi connectivity index (χ3v) is 4.62. The van der Waals surface area contributed by atoms with E-state index in [4.69, 9.17) is 11.6 Å². The van der Waals surface area contributed by atoms with Gasteiger partial charge in [-0.2, -0.15) is 13.2 Å². The van der Waals surface area contributed by atoms with Crippen LogP contribution in [0.5, 0.6) is 0 Å². The molecule has 0 aliphatic heterocycles. The van der Waals surface area contributed by atoms with Crippen LogP contribution in [-0.2, 0) is 6.18 Å². The van der Waals surface area contributed by atoms with Crippen molar-refractivity contribution in [2.45, 2.75) is 6.18 Å². The van der Waals surface area contributed by atoms with Crippen LogP contribution in [0, 0.1) is 0 Å². The van der Waals surface area contributed by atoms with E-state index in [1.807, 2.05) is 5.32 Å². The van der Waals surface area contributed by atoms with Gasteiger partial charge in [-0.15, -0.1) is 0 Å². The van der Waals surface area contributed by atoms with Gasteiger partial charge in [-0.1, -0.05) is 23.7 Å². The van der Waals surface area contributed by atoms with E-state index in [1.165, 1.54) is 6.07 Å². The Morgan fingerprint density at radius 3 is 2.28 bits per heavy atom. The Kier molecular flexibility index (Phi) is 6.12. The van der Waals surface area contributed by atoms with Gasteiger partial charge in [0.1, 0.15) is 0 Å².